The van der Waals surface area contributed by atoms with Crippen molar-refractivity contribution in [3.8, 4) is 0 Å². The molecular formula is C3H4ClHgO2. The Balaban J connectivity index is 3.35. The van der Waals surface area contributed by atoms with E-state index >= 15 is 0 Å². The van der Waals surface area contributed by atoms with E-state index in [0.29, 0.717) is 0 Å². The van der Waals surface area contributed by atoms with Crippen molar-refractivity contribution in [2.45, 2.75) is 12.3 Å². The van der Waals surface area contributed by atoms with E-state index in [1.54, 1.807) is 6.92 Å². The molecule has 0 heterocycles. The number of hydrogen-bond donors (Lipinski definition) is 0. The van der Waals surface area contributed by atoms with Gasteiger partial charge in [-0.3, -0.25) is 0 Å². The Labute approximate surface area is 63.8 Å². The Morgan fingerprint density at radius 2 is 2.43 bits per heavy atom. The number of carbonyl (C=O) groups is 1. The summed E-state index contributed by atoms with van der Waals surface area (Å²) < 4.78 is 4.44. The number of hydrogen-bond acceptors (Lipinski definition) is 2. The van der Waals surface area contributed by atoms with Gasteiger partial charge in [-0.15, -0.1) is 0 Å². The summed E-state index contributed by atoms with van der Waals surface area (Å²) in [5.41, 5.74) is 0. The first kappa shape index (κ1) is 7.70. The molecule has 0 aromatic rings. The molecule has 1 atom stereocenters. The first-order valence-corrected chi connectivity index (χ1v) is 4.46. The van der Waals surface area contributed by atoms with E-state index in [1.165, 1.54) is 0 Å². The molecule has 0 N–H and O–H groups in total. The van der Waals surface area contributed by atoms with E-state index < -0.39 is 5.38 Å². The van der Waals surface area contributed by atoms with Crippen molar-refractivity contribution in [3.05, 3.63) is 0 Å². The molecule has 0 aliphatic carbocycles. The molecule has 7 heavy (non-hydrogen) atoms. The van der Waals surface area contributed by atoms with Crippen molar-refractivity contribution in [2.75, 3.05) is 0 Å². The minimum absolute atomic E-state index is 0.0887. The second-order valence-electron chi connectivity index (χ2n) is 1.08. The quantitative estimate of drug-likeness (QED) is 0.524. The van der Waals surface area contributed by atoms with E-state index in [0.717, 1.165) is 0 Å². The fourth-order valence-electron chi connectivity index (χ4n) is 0.115. The van der Waals surface area contributed by atoms with Crippen LogP contribution in [-0.2, 0) is 34.0 Å². The Morgan fingerprint density at radius 1 is 2.00 bits per heavy atom. The molecule has 4 heteroatoms. The van der Waals surface area contributed by atoms with Crippen LogP contribution in [0.3, 0.4) is 0 Å². The molecule has 0 aliphatic heterocycles. The molecule has 0 rings (SSSR count). The van der Waals surface area contributed by atoms with Gasteiger partial charge in [0.15, 0.2) is 0 Å². The van der Waals surface area contributed by atoms with Gasteiger partial charge in [0.2, 0.25) is 0 Å². The molecule has 0 fully saturated rings. The van der Waals surface area contributed by atoms with Gasteiger partial charge in [0.25, 0.3) is 0 Å². The van der Waals surface area contributed by atoms with E-state index in [-0.39, 0.29) is 32.5 Å². The fourth-order valence-corrected chi connectivity index (χ4v) is 1.56. The van der Waals surface area contributed by atoms with Gasteiger partial charge in [0.1, 0.15) is 0 Å². The first-order valence-electron chi connectivity index (χ1n) is 1.78. The van der Waals surface area contributed by atoms with Crippen LogP contribution in [0, 0.1) is 0 Å². The van der Waals surface area contributed by atoms with Crippen LogP contribution in [0.5, 0.6) is 0 Å². The number of alkyl halides is 1. The third-order valence-corrected chi connectivity index (χ3v) is 1.75. The van der Waals surface area contributed by atoms with Gasteiger partial charge in [-0.2, -0.15) is 0 Å². The Bertz CT molecular complexity index is 73.3. The Kier molecular flexibility index (Phi) is 4.03. The molecule has 1 unspecified atom stereocenters. The van der Waals surface area contributed by atoms with Crippen molar-refractivity contribution in [1.82, 2.24) is 0 Å². The summed E-state index contributed by atoms with van der Waals surface area (Å²) in [5.74, 6) is -0.301. The topological polar surface area (TPSA) is 26.3 Å². The van der Waals surface area contributed by atoms with Crippen molar-refractivity contribution in [1.29, 1.82) is 0 Å². The normalized spacial score (nSPS) is 13.1. The second-order valence-corrected chi connectivity index (χ2v) is 2.86. The zero-order valence-electron chi connectivity index (χ0n) is 3.98. The summed E-state index contributed by atoms with van der Waals surface area (Å²) in [7, 11) is 0. The van der Waals surface area contributed by atoms with Gasteiger partial charge < -0.3 is 0 Å². The molecule has 0 radical (unpaired) electrons. The van der Waals surface area contributed by atoms with E-state index in [2.05, 4.69) is 2.64 Å². The summed E-state index contributed by atoms with van der Waals surface area (Å²) in [6, 6.07) is 0. The number of rotatable bonds is 1. The molecule has 0 saturated heterocycles. The standard InChI is InChI=1S/C3H5ClO2.Hg/c1-2(4)3(5)6;/h2H,1H3,(H,5,6);/q;+1/p-1. The molecule has 37 valence electrons. The van der Waals surface area contributed by atoms with Crippen LogP contribution in [0.2, 0.25) is 0 Å². The van der Waals surface area contributed by atoms with Crippen LogP contribution in [0.25, 0.3) is 0 Å². The van der Waals surface area contributed by atoms with Crippen molar-refractivity contribution in [2.24, 2.45) is 0 Å². The molecule has 0 bridgehead atoms. The van der Waals surface area contributed by atoms with Crippen LogP contribution < -0.4 is 0 Å². The van der Waals surface area contributed by atoms with Gasteiger partial charge >= 0.3 is 63.9 Å². The van der Waals surface area contributed by atoms with E-state index in [9.17, 15) is 4.79 Å². The Hall–Kier alpha value is 0.695. The van der Waals surface area contributed by atoms with Crippen molar-refractivity contribution < 1.29 is 34.0 Å². The van der Waals surface area contributed by atoms with Crippen molar-refractivity contribution >= 4 is 17.6 Å². The SMILES string of the molecule is CC(Cl)C(=O)[O][Hg]. The molecule has 0 aromatic carbocycles. The summed E-state index contributed by atoms with van der Waals surface area (Å²) in [6.07, 6.45) is 0. The summed E-state index contributed by atoms with van der Waals surface area (Å²) in [4.78, 5) is 10.2. The van der Waals surface area contributed by atoms with Crippen LogP contribution in [0.4, 0.5) is 0 Å². The predicted octanol–water partition coefficient (Wildman–Crippen LogP) is 0.619. The van der Waals surface area contributed by atoms with Gasteiger partial charge in [0.05, 0.1) is 0 Å². The Morgan fingerprint density at radius 3 is 2.43 bits per heavy atom. The third kappa shape index (κ3) is 3.29. The molecule has 0 aliphatic rings. The molecule has 0 aromatic heterocycles. The zero-order chi connectivity index (χ0) is 5.86. The average molecular weight is 308 g/mol. The second kappa shape index (κ2) is 3.67. The molecule has 0 spiro atoms. The fraction of sp³-hybridized carbons (Fsp3) is 0.667. The maximum atomic E-state index is 10.2. The zero-order valence-corrected chi connectivity index (χ0v) is 10.2. The maximum absolute atomic E-state index is 10.2. The molecular weight excluding hydrogens is 304 g/mol. The number of halogens is 1. The van der Waals surface area contributed by atoms with Crippen LogP contribution >= 0.6 is 11.6 Å². The van der Waals surface area contributed by atoms with Crippen LogP contribution in [-0.4, -0.2) is 11.3 Å². The minimum atomic E-state index is -0.475. The van der Waals surface area contributed by atoms with E-state index in [4.69, 9.17) is 11.6 Å². The van der Waals surface area contributed by atoms with Gasteiger partial charge in [-0.25, -0.2) is 0 Å². The van der Waals surface area contributed by atoms with Crippen LogP contribution in [0.1, 0.15) is 6.92 Å². The molecule has 0 amide bonds. The van der Waals surface area contributed by atoms with Crippen molar-refractivity contribution in [3.63, 3.8) is 0 Å². The predicted molar refractivity (Wildman–Crippen MR) is 21.4 cm³/mol. The monoisotopic (exact) mass is 309 g/mol. The first-order chi connectivity index (χ1) is 3.18. The van der Waals surface area contributed by atoms with Crippen LogP contribution in [0.15, 0.2) is 0 Å². The average Bonchev–Trinajstić information content (AvgIpc) is 1.65. The summed E-state index contributed by atoms with van der Waals surface area (Å²) >= 11 is 5.37. The number of carbonyl (C=O) groups excluding carboxylic acids is 1. The van der Waals surface area contributed by atoms with Gasteiger partial charge in [-0.05, 0) is 0 Å². The molecule has 0 saturated carbocycles. The molecule has 2 nitrogen and oxygen atoms in total. The third-order valence-electron chi connectivity index (χ3n) is 0.467. The summed E-state index contributed by atoms with van der Waals surface area (Å²) in [6.45, 7) is 1.59. The van der Waals surface area contributed by atoms with Gasteiger partial charge in [-0.1, -0.05) is 0 Å². The van der Waals surface area contributed by atoms with E-state index in [1.807, 2.05) is 0 Å². The van der Waals surface area contributed by atoms with Gasteiger partial charge in [0, 0.05) is 0 Å². The summed E-state index contributed by atoms with van der Waals surface area (Å²) in [5, 5.41) is -0.475.